The molecule has 0 bridgehead atoms. The van der Waals surface area contributed by atoms with Gasteiger partial charge in [-0.3, -0.25) is 14.9 Å². The number of pyridine rings is 1. The molecule has 27 heavy (non-hydrogen) atoms. The summed E-state index contributed by atoms with van der Waals surface area (Å²) in [7, 11) is 3.85. The molecule has 1 heterocycles. The highest BCUT2D eigenvalue weighted by molar-refractivity contribution is 7.80. The number of rotatable bonds is 8. The van der Waals surface area contributed by atoms with Crippen LogP contribution in [0.3, 0.4) is 0 Å². The van der Waals surface area contributed by atoms with Crippen molar-refractivity contribution >= 4 is 34.4 Å². The van der Waals surface area contributed by atoms with Crippen LogP contribution in [-0.4, -0.2) is 36.3 Å². The number of thiocarbonyl (C=S) groups is 1. The first kappa shape index (κ1) is 20.2. The third-order valence-electron chi connectivity index (χ3n) is 3.93. The van der Waals surface area contributed by atoms with E-state index in [1.807, 2.05) is 31.1 Å². The van der Waals surface area contributed by atoms with Crippen molar-refractivity contribution in [2.75, 3.05) is 25.5 Å². The molecule has 0 spiro atoms. The summed E-state index contributed by atoms with van der Waals surface area (Å²) < 4.78 is 1.72. The predicted molar refractivity (Wildman–Crippen MR) is 108 cm³/mol. The lowest BCUT2D eigenvalue weighted by atomic mass is 10.0. The monoisotopic (exact) mass is 385 g/mol. The van der Waals surface area contributed by atoms with Gasteiger partial charge in [0.1, 0.15) is 0 Å². The SMILES string of the molecule is C=CCNC(=S)[C@H](C(=O)c1ccc([N+](=O)[O-])cc1)[n+]1ccc(N(C)C)cc1. The zero-order valence-corrected chi connectivity index (χ0v) is 16.0. The van der Waals surface area contributed by atoms with E-state index in [4.69, 9.17) is 12.2 Å². The van der Waals surface area contributed by atoms with E-state index in [2.05, 4.69) is 11.9 Å². The Morgan fingerprint density at radius 3 is 2.37 bits per heavy atom. The van der Waals surface area contributed by atoms with Gasteiger partial charge in [-0.1, -0.05) is 18.3 Å². The molecule has 0 saturated carbocycles. The summed E-state index contributed by atoms with van der Waals surface area (Å²) in [6.45, 7) is 4.07. The molecule has 0 aliphatic rings. The van der Waals surface area contributed by atoms with Gasteiger partial charge in [-0.25, -0.2) is 0 Å². The van der Waals surface area contributed by atoms with E-state index in [0.717, 1.165) is 5.69 Å². The van der Waals surface area contributed by atoms with Gasteiger partial charge in [-0.05, 0) is 12.1 Å². The molecule has 0 unspecified atom stereocenters. The van der Waals surface area contributed by atoms with Crippen molar-refractivity contribution < 1.29 is 14.3 Å². The Hall–Kier alpha value is -3.13. The van der Waals surface area contributed by atoms with Crippen molar-refractivity contribution in [3.05, 3.63) is 77.1 Å². The normalized spacial score (nSPS) is 11.3. The zero-order chi connectivity index (χ0) is 20.0. The van der Waals surface area contributed by atoms with E-state index in [0.29, 0.717) is 17.1 Å². The summed E-state index contributed by atoms with van der Waals surface area (Å²) in [5, 5.41) is 13.8. The second kappa shape index (κ2) is 9.00. The van der Waals surface area contributed by atoms with Crippen LogP contribution in [0.2, 0.25) is 0 Å². The number of nitro benzene ring substituents is 1. The van der Waals surface area contributed by atoms with E-state index in [1.54, 1.807) is 23.0 Å². The fourth-order valence-electron chi connectivity index (χ4n) is 2.46. The van der Waals surface area contributed by atoms with Crippen molar-refractivity contribution in [2.24, 2.45) is 0 Å². The summed E-state index contributed by atoms with van der Waals surface area (Å²) >= 11 is 5.43. The first-order valence-electron chi connectivity index (χ1n) is 8.20. The zero-order valence-electron chi connectivity index (χ0n) is 15.2. The molecule has 1 aromatic carbocycles. The van der Waals surface area contributed by atoms with Crippen LogP contribution in [0.15, 0.2) is 61.4 Å². The Labute approximate surface area is 163 Å². The summed E-state index contributed by atoms with van der Waals surface area (Å²) in [5.74, 6) is -0.255. The van der Waals surface area contributed by atoms with Crippen LogP contribution >= 0.6 is 12.2 Å². The van der Waals surface area contributed by atoms with E-state index in [-0.39, 0.29) is 11.5 Å². The highest BCUT2D eigenvalue weighted by atomic mass is 32.1. The average molecular weight is 385 g/mol. The van der Waals surface area contributed by atoms with Gasteiger partial charge in [-0.2, -0.15) is 4.57 Å². The molecule has 0 aliphatic carbocycles. The lowest BCUT2D eigenvalue weighted by Gasteiger charge is -2.15. The number of Topliss-reactive ketones (excluding diaryl/α,β-unsaturated/α-hetero) is 1. The number of nitrogens with zero attached hydrogens (tertiary/aromatic N) is 3. The van der Waals surface area contributed by atoms with Gasteiger partial charge in [0.15, 0.2) is 17.4 Å². The number of carbonyl (C=O) groups is 1. The molecule has 140 valence electrons. The number of benzene rings is 1. The van der Waals surface area contributed by atoms with E-state index in [1.165, 1.54) is 24.3 Å². The maximum Gasteiger partial charge on any atom is 0.270 e. The number of anilines is 1. The maximum absolute atomic E-state index is 13.1. The number of non-ortho nitro benzene ring substituents is 1. The van der Waals surface area contributed by atoms with Gasteiger partial charge in [-0.15, -0.1) is 6.58 Å². The first-order valence-corrected chi connectivity index (χ1v) is 8.61. The molecule has 8 heteroatoms. The van der Waals surface area contributed by atoms with Crippen molar-refractivity contribution in [1.29, 1.82) is 0 Å². The minimum absolute atomic E-state index is 0.0709. The molecule has 1 atom stereocenters. The molecule has 0 fully saturated rings. The molecule has 2 rings (SSSR count). The van der Waals surface area contributed by atoms with Crippen molar-refractivity contribution in [2.45, 2.75) is 6.04 Å². The topological polar surface area (TPSA) is 79.4 Å². The van der Waals surface area contributed by atoms with E-state index >= 15 is 0 Å². The van der Waals surface area contributed by atoms with Crippen LogP contribution in [0, 0.1) is 10.1 Å². The highest BCUT2D eigenvalue weighted by Crippen LogP contribution is 2.17. The molecular weight excluding hydrogens is 364 g/mol. The minimum Gasteiger partial charge on any atom is -0.377 e. The number of hydrogen-bond acceptors (Lipinski definition) is 5. The first-order chi connectivity index (χ1) is 12.8. The van der Waals surface area contributed by atoms with Crippen LogP contribution < -0.4 is 14.8 Å². The quantitative estimate of drug-likeness (QED) is 0.188. The Kier molecular flexibility index (Phi) is 6.73. The molecule has 0 radical (unpaired) electrons. The third kappa shape index (κ3) is 4.95. The Morgan fingerprint density at radius 2 is 1.89 bits per heavy atom. The highest BCUT2D eigenvalue weighted by Gasteiger charge is 2.33. The molecule has 0 saturated heterocycles. The van der Waals surface area contributed by atoms with E-state index < -0.39 is 11.0 Å². The Bertz CT molecular complexity index is 848. The van der Waals surface area contributed by atoms with Gasteiger partial charge < -0.3 is 10.2 Å². The number of nitrogens with one attached hydrogen (secondary N) is 1. The minimum atomic E-state index is -0.766. The number of hydrogen-bond donors (Lipinski definition) is 1. The van der Waals surface area contributed by atoms with Crippen LogP contribution in [0.1, 0.15) is 16.4 Å². The van der Waals surface area contributed by atoms with E-state index in [9.17, 15) is 14.9 Å². The Morgan fingerprint density at radius 1 is 1.30 bits per heavy atom. The van der Waals surface area contributed by atoms with Gasteiger partial charge in [0.05, 0.1) is 4.92 Å². The lowest BCUT2D eigenvalue weighted by Crippen LogP contribution is -2.51. The van der Waals surface area contributed by atoms with Crippen molar-refractivity contribution in [3.8, 4) is 0 Å². The van der Waals surface area contributed by atoms with Crippen LogP contribution in [-0.2, 0) is 0 Å². The second-order valence-corrected chi connectivity index (χ2v) is 6.44. The summed E-state index contributed by atoms with van der Waals surface area (Å²) in [6.07, 6.45) is 5.22. The van der Waals surface area contributed by atoms with Crippen LogP contribution in [0.25, 0.3) is 0 Å². The number of ketones is 1. The summed E-state index contributed by atoms with van der Waals surface area (Å²) in [4.78, 5) is 25.7. The van der Waals surface area contributed by atoms with Gasteiger partial charge >= 0.3 is 0 Å². The molecular formula is C19H21N4O3S+. The molecule has 7 nitrogen and oxygen atoms in total. The smallest absolute Gasteiger partial charge is 0.270 e. The maximum atomic E-state index is 13.1. The molecule has 0 amide bonds. The molecule has 2 aromatic rings. The number of aromatic nitrogens is 1. The van der Waals surface area contributed by atoms with Crippen molar-refractivity contribution in [3.63, 3.8) is 0 Å². The summed E-state index contributed by atoms with van der Waals surface area (Å²) in [6, 6.07) is 8.50. The molecule has 1 aromatic heterocycles. The summed E-state index contributed by atoms with van der Waals surface area (Å²) in [5.41, 5.74) is 1.26. The largest absolute Gasteiger partial charge is 0.377 e. The third-order valence-corrected chi connectivity index (χ3v) is 4.30. The van der Waals surface area contributed by atoms with Crippen LogP contribution in [0.4, 0.5) is 11.4 Å². The second-order valence-electron chi connectivity index (χ2n) is 6.00. The van der Waals surface area contributed by atoms with Gasteiger partial charge in [0.25, 0.3) is 11.7 Å². The average Bonchev–Trinajstić information content (AvgIpc) is 2.66. The Balaban J connectivity index is 2.38. The van der Waals surface area contributed by atoms with Gasteiger partial charge in [0.2, 0.25) is 5.78 Å². The molecule has 0 aliphatic heterocycles. The molecule has 1 N–H and O–H groups in total. The predicted octanol–water partition coefficient (Wildman–Crippen LogP) is 2.48. The number of carbonyl (C=O) groups excluding carboxylic acids is 1. The van der Waals surface area contributed by atoms with Crippen molar-refractivity contribution in [1.82, 2.24) is 5.32 Å². The fraction of sp³-hybridized carbons (Fsp3) is 0.211. The van der Waals surface area contributed by atoms with Crippen LogP contribution in [0.5, 0.6) is 0 Å². The lowest BCUT2D eigenvalue weighted by molar-refractivity contribution is -0.692. The van der Waals surface area contributed by atoms with Gasteiger partial charge in [0, 0.05) is 56.2 Å². The fourth-order valence-corrected chi connectivity index (χ4v) is 2.78. The standard InChI is InChI=1S/C19H20N4O3S/c1-4-11-20-19(27)17(22-12-9-15(10-13-22)21(2)3)18(24)14-5-7-16(8-6-14)23(25)26/h4-10,12-13,17H,1,11H2,2-3H3/p+1/t17-/m0/s1. The number of nitro groups is 1.